The third-order valence-electron chi connectivity index (χ3n) is 3.71. The maximum Gasteiger partial charge on any atom is 0.244 e. The molecule has 7 heteroatoms. The number of carbonyl (C=O) groups is 1. The molecule has 1 aliphatic rings. The maximum atomic E-state index is 12.0. The molecule has 0 spiro atoms. The lowest BCUT2D eigenvalue weighted by Crippen LogP contribution is -2.53. The van der Waals surface area contributed by atoms with E-state index in [-0.39, 0.29) is 12.5 Å². The number of aromatic nitrogens is 2. The van der Waals surface area contributed by atoms with Crippen molar-refractivity contribution in [3.8, 4) is 0 Å². The number of anilines is 1. The average molecular weight is 290 g/mol. The summed E-state index contributed by atoms with van der Waals surface area (Å²) in [4.78, 5) is 18.5. The summed E-state index contributed by atoms with van der Waals surface area (Å²) in [5, 5.41) is 12.3. The van der Waals surface area contributed by atoms with Crippen LogP contribution in [0, 0.1) is 0 Å². The molecule has 1 aliphatic heterocycles. The van der Waals surface area contributed by atoms with Crippen molar-refractivity contribution in [1.29, 1.82) is 0 Å². The van der Waals surface area contributed by atoms with Crippen LogP contribution in [-0.2, 0) is 16.1 Å². The van der Waals surface area contributed by atoms with Gasteiger partial charge >= 0.3 is 0 Å². The molecule has 21 heavy (non-hydrogen) atoms. The number of aliphatic hydroxyl groups is 1. The van der Waals surface area contributed by atoms with E-state index >= 15 is 0 Å². The van der Waals surface area contributed by atoms with E-state index < -0.39 is 6.04 Å². The summed E-state index contributed by atoms with van der Waals surface area (Å²) in [5.74, 6) is 0.524. The van der Waals surface area contributed by atoms with Crippen molar-refractivity contribution >= 4 is 17.4 Å². The fourth-order valence-corrected chi connectivity index (χ4v) is 2.65. The van der Waals surface area contributed by atoms with Gasteiger partial charge in [-0.1, -0.05) is 6.07 Å². The van der Waals surface area contributed by atoms with Gasteiger partial charge in [-0.2, -0.15) is 0 Å². The number of nitrogens with zero attached hydrogens (tertiary/aromatic N) is 3. The second-order valence-electron chi connectivity index (χ2n) is 4.87. The molecule has 2 N–H and O–H groups in total. The van der Waals surface area contributed by atoms with Crippen molar-refractivity contribution in [2.24, 2.45) is 0 Å². The van der Waals surface area contributed by atoms with Crippen molar-refractivity contribution < 1.29 is 14.6 Å². The van der Waals surface area contributed by atoms with Crippen molar-refractivity contribution in [2.45, 2.75) is 12.6 Å². The Bertz CT molecular complexity index is 655. The first-order valence-corrected chi connectivity index (χ1v) is 6.89. The molecule has 1 atom stereocenters. The van der Waals surface area contributed by atoms with Crippen LogP contribution >= 0.6 is 0 Å². The number of ether oxygens (including phenoxy) is 1. The van der Waals surface area contributed by atoms with Crippen LogP contribution < -0.4 is 10.2 Å². The first-order chi connectivity index (χ1) is 10.3. The normalized spacial score (nSPS) is 19.0. The van der Waals surface area contributed by atoms with E-state index in [1.807, 2.05) is 33.7 Å². The van der Waals surface area contributed by atoms with Gasteiger partial charge in [-0.3, -0.25) is 9.20 Å². The van der Waals surface area contributed by atoms with Crippen LogP contribution in [0.15, 0.2) is 24.4 Å². The van der Waals surface area contributed by atoms with Crippen molar-refractivity contribution in [2.75, 3.05) is 31.7 Å². The Kier molecular flexibility index (Phi) is 3.76. The number of aliphatic hydroxyl groups excluding tert-OH is 1. The second-order valence-corrected chi connectivity index (χ2v) is 4.87. The molecule has 1 unspecified atom stereocenters. The van der Waals surface area contributed by atoms with Gasteiger partial charge in [-0.25, -0.2) is 4.98 Å². The second kappa shape index (κ2) is 5.71. The largest absolute Gasteiger partial charge is 0.390 e. The van der Waals surface area contributed by atoms with Crippen LogP contribution in [0.1, 0.15) is 5.69 Å². The summed E-state index contributed by atoms with van der Waals surface area (Å²) in [7, 11) is 1.60. The number of pyridine rings is 1. The number of morpholine rings is 1. The van der Waals surface area contributed by atoms with Gasteiger partial charge in [0.2, 0.25) is 5.91 Å². The molecule has 0 radical (unpaired) electrons. The minimum atomic E-state index is -0.432. The first-order valence-electron chi connectivity index (χ1n) is 6.89. The molecule has 3 rings (SSSR count). The minimum Gasteiger partial charge on any atom is -0.390 e. The highest BCUT2D eigenvalue weighted by Gasteiger charge is 2.32. The topological polar surface area (TPSA) is 79.1 Å². The van der Waals surface area contributed by atoms with Gasteiger partial charge in [0.25, 0.3) is 0 Å². The lowest BCUT2D eigenvalue weighted by Gasteiger charge is -2.35. The molecule has 7 nitrogen and oxygen atoms in total. The minimum absolute atomic E-state index is 0.115. The Morgan fingerprint density at radius 1 is 1.57 bits per heavy atom. The quantitative estimate of drug-likeness (QED) is 0.817. The van der Waals surface area contributed by atoms with Crippen LogP contribution in [0.5, 0.6) is 0 Å². The third kappa shape index (κ3) is 2.34. The smallest absolute Gasteiger partial charge is 0.244 e. The SMILES string of the molecule is CNC(=O)C1COCCN1c1nc2ccccn2c1CO. The maximum absolute atomic E-state index is 12.0. The summed E-state index contributed by atoms with van der Waals surface area (Å²) in [5.41, 5.74) is 1.43. The molecule has 0 aromatic carbocycles. The predicted molar refractivity (Wildman–Crippen MR) is 77.1 cm³/mol. The van der Waals surface area contributed by atoms with E-state index in [4.69, 9.17) is 4.74 Å². The standard InChI is InChI=1S/C14H18N4O3/c1-15-14(20)11-9-21-7-6-18(11)13-10(8-19)17-5-3-2-4-12(17)16-13/h2-5,11,19H,6-9H2,1H3,(H,15,20). The lowest BCUT2D eigenvalue weighted by atomic mass is 10.2. The molecule has 1 fully saturated rings. The highest BCUT2D eigenvalue weighted by Crippen LogP contribution is 2.25. The van der Waals surface area contributed by atoms with Crippen LogP contribution in [0.25, 0.3) is 5.65 Å². The van der Waals surface area contributed by atoms with Crippen molar-refractivity contribution in [3.63, 3.8) is 0 Å². The number of fused-ring (bicyclic) bond motifs is 1. The van der Waals surface area contributed by atoms with E-state index in [1.165, 1.54) is 0 Å². The van der Waals surface area contributed by atoms with Gasteiger partial charge in [0, 0.05) is 19.8 Å². The number of rotatable bonds is 3. The van der Waals surface area contributed by atoms with Crippen molar-refractivity contribution in [1.82, 2.24) is 14.7 Å². The number of carbonyl (C=O) groups excluding carboxylic acids is 1. The van der Waals surface area contributed by atoms with Crippen LogP contribution in [-0.4, -0.2) is 53.2 Å². The molecule has 0 aliphatic carbocycles. The number of hydrogen-bond acceptors (Lipinski definition) is 5. The van der Waals surface area contributed by atoms with E-state index in [2.05, 4.69) is 10.3 Å². The Labute approximate surface area is 122 Å². The number of likely N-dealkylation sites (N-methyl/N-ethyl adjacent to an activating group) is 1. The van der Waals surface area contributed by atoms with Gasteiger partial charge in [-0.15, -0.1) is 0 Å². The van der Waals surface area contributed by atoms with Gasteiger partial charge in [0.1, 0.15) is 11.7 Å². The Balaban J connectivity index is 2.06. The molecular weight excluding hydrogens is 272 g/mol. The van der Waals surface area contributed by atoms with E-state index in [9.17, 15) is 9.90 Å². The third-order valence-corrected chi connectivity index (χ3v) is 3.71. The molecule has 0 bridgehead atoms. The van der Waals surface area contributed by atoms with Crippen LogP contribution in [0.3, 0.4) is 0 Å². The lowest BCUT2D eigenvalue weighted by molar-refractivity contribution is -0.124. The number of nitrogens with one attached hydrogen (secondary N) is 1. The van der Waals surface area contributed by atoms with Crippen molar-refractivity contribution in [3.05, 3.63) is 30.1 Å². The predicted octanol–water partition coefficient (Wildman–Crippen LogP) is -0.222. The summed E-state index contributed by atoms with van der Waals surface area (Å²) < 4.78 is 7.24. The molecule has 3 heterocycles. The highest BCUT2D eigenvalue weighted by atomic mass is 16.5. The molecular formula is C14H18N4O3. The molecule has 112 valence electrons. The first kappa shape index (κ1) is 13.8. The number of amides is 1. The summed E-state index contributed by atoms with van der Waals surface area (Å²) in [6.07, 6.45) is 1.85. The fraction of sp³-hybridized carbons (Fsp3) is 0.429. The Morgan fingerprint density at radius 2 is 2.43 bits per heavy atom. The number of hydrogen-bond donors (Lipinski definition) is 2. The fourth-order valence-electron chi connectivity index (χ4n) is 2.65. The number of imidazole rings is 1. The molecule has 0 saturated carbocycles. The molecule has 1 saturated heterocycles. The van der Waals surface area contributed by atoms with Gasteiger partial charge < -0.3 is 20.1 Å². The highest BCUT2D eigenvalue weighted by molar-refractivity contribution is 5.85. The summed E-state index contributed by atoms with van der Waals surface area (Å²) >= 11 is 0. The zero-order valence-corrected chi connectivity index (χ0v) is 11.8. The molecule has 1 amide bonds. The zero-order chi connectivity index (χ0) is 14.8. The van der Waals surface area contributed by atoms with E-state index in [0.29, 0.717) is 31.3 Å². The van der Waals surface area contributed by atoms with Gasteiger partial charge in [0.05, 0.1) is 25.5 Å². The summed E-state index contributed by atoms with van der Waals surface area (Å²) in [6.45, 7) is 1.28. The van der Waals surface area contributed by atoms with E-state index in [1.54, 1.807) is 7.05 Å². The van der Waals surface area contributed by atoms with Crippen LogP contribution in [0.2, 0.25) is 0 Å². The molecule has 2 aromatic heterocycles. The monoisotopic (exact) mass is 290 g/mol. The summed E-state index contributed by atoms with van der Waals surface area (Å²) in [6, 6.07) is 5.22. The molecule has 2 aromatic rings. The Morgan fingerprint density at radius 3 is 3.19 bits per heavy atom. The Hall–Kier alpha value is -2.12. The van der Waals surface area contributed by atoms with Crippen LogP contribution in [0.4, 0.5) is 5.82 Å². The average Bonchev–Trinajstić information content (AvgIpc) is 2.92. The van der Waals surface area contributed by atoms with Gasteiger partial charge in [0.15, 0.2) is 5.82 Å². The van der Waals surface area contributed by atoms with Gasteiger partial charge in [-0.05, 0) is 12.1 Å². The van der Waals surface area contributed by atoms with E-state index in [0.717, 1.165) is 5.65 Å². The zero-order valence-electron chi connectivity index (χ0n) is 11.8.